The fraction of sp³-hybridized carbons (Fsp3) is 1.00. The molecular formula is C13H26N2. The summed E-state index contributed by atoms with van der Waals surface area (Å²) in [4.78, 5) is 2.67. The number of hydrogen-bond donors (Lipinski definition) is 1. The molecule has 0 bridgehead atoms. The van der Waals surface area contributed by atoms with Gasteiger partial charge in [0.1, 0.15) is 0 Å². The average molecular weight is 210 g/mol. The fourth-order valence-electron chi connectivity index (χ4n) is 2.81. The number of nitrogens with one attached hydrogen (secondary N) is 1. The van der Waals surface area contributed by atoms with E-state index < -0.39 is 0 Å². The number of piperidine rings is 1. The second kappa shape index (κ2) is 5.86. The van der Waals surface area contributed by atoms with E-state index in [4.69, 9.17) is 0 Å². The Hall–Kier alpha value is -0.0800. The number of nitrogens with zero attached hydrogens (tertiary/aromatic N) is 1. The molecule has 15 heavy (non-hydrogen) atoms. The van der Waals surface area contributed by atoms with Crippen molar-refractivity contribution >= 4 is 0 Å². The first-order valence-corrected chi connectivity index (χ1v) is 6.80. The van der Waals surface area contributed by atoms with Crippen molar-refractivity contribution in [1.29, 1.82) is 0 Å². The molecule has 2 fully saturated rings. The molecule has 0 spiro atoms. The lowest BCUT2D eigenvalue weighted by Gasteiger charge is -2.33. The third kappa shape index (κ3) is 3.76. The lowest BCUT2D eigenvalue weighted by molar-refractivity contribution is 0.173. The van der Waals surface area contributed by atoms with Crippen LogP contribution in [0.2, 0.25) is 0 Å². The molecule has 2 aliphatic heterocycles. The van der Waals surface area contributed by atoms with Gasteiger partial charge < -0.3 is 10.2 Å². The van der Waals surface area contributed by atoms with Crippen LogP contribution in [0.5, 0.6) is 0 Å². The summed E-state index contributed by atoms with van der Waals surface area (Å²) in [6, 6.07) is 0.779. The van der Waals surface area contributed by atoms with Crippen molar-refractivity contribution in [1.82, 2.24) is 10.2 Å². The zero-order valence-electron chi connectivity index (χ0n) is 10.2. The van der Waals surface area contributed by atoms with Gasteiger partial charge >= 0.3 is 0 Å². The third-order valence-electron chi connectivity index (χ3n) is 4.02. The van der Waals surface area contributed by atoms with E-state index >= 15 is 0 Å². The molecule has 0 amide bonds. The molecule has 2 saturated heterocycles. The van der Waals surface area contributed by atoms with Gasteiger partial charge in [-0.05, 0) is 51.2 Å². The Morgan fingerprint density at radius 3 is 2.67 bits per heavy atom. The molecule has 2 rings (SSSR count). The van der Waals surface area contributed by atoms with Crippen LogP contribution in [0.4, 0.5) is 0 Å². The van der Waals surface area contributed by atoms with Crippen LogP contribution in [0, 0.1) is 5.92 Å². The van der Waals surface area contributed by atoms with E-state index in [-0.39, 0.29) is 0 Å². The van der Waals surface area contributed by atoms with Crippen LogP contribution in [0.25, 0.3) is 0 Å². The van der Waals surface area contributed by atoms with Gasteiger partial charge in [-0.2, -0.15) is 0 Å². The van der Waals surface area contributed by atoms with Gasteiger partial charge in [-0.15, -0.1) is 0 Å². The van der Waals surface area contributed by atoms with Gasteiger partial charge in [0.2, 0.25) is 0 Å². The molecular weight excluding hydrogens is 184 g/mol. The van der Waals surface area contributed by atoms with Crippen LogP contribution in [0.3, 0.4) is 0 Å². The highest BCUT2D eigenvalue weighted by molar-refractivity contribution is 4.77. The molecule has 0 aromatic heterocycles. The summed E-state index contributed by atoms with van der Waals surface area (Å²) in [5.74, 6) is 0.961. The molecule has 1 N–H and O–H groups in total. The van der Waals surface area contributed by atoms with Gasteiger partial charge in [0, 0.05) is 12.6 Å². The minimum absolute atomic E-state index is 0.779. The number of hydrogen-bond acceptors (Lipinski definition) is 2. The molecule has 0 saturated carbocycles. The maximum atomic E-state index is 3.70. The zero-order chi connectivity index (χ0) is 10.5. The van der Waals surface area contributed by atoms with Gasteiger partial charge in [-0.3, -0.25) is 0 Å². The first-order valence-electron chi connectivity index (χ1n) is 6.80. The third-order valence-corrected chi connectivity index (χ3v) is 4.02. The van der Waals surface area contributed by atoms with Crippen molar-refractivity contribution in [2.24, 2.45) is 5.92 Å². The SMILES string of the molecule is CC1CCN(C[C@@H]2CCCCCN2)CC1. The minimum atomic E-state index is 0.779. The van der Waals surface area contributed by atoms with Crippen LogP contribution in [-0.4, -0.2) is 37.1 Å². The summed E-state index contributed by atoms with van der Waals surface area (Å²) < 4.78 is 0. The summed E-state index contributed by atoms with van der Waals surface area (Å²) in [5, 5.41) is 3.70. The Morgan fingerprint density at radius 1 is 1.07 bits per heavy atom. The Labute approximate surface area is 94.4 Å². The normalized spacial score (nSPS) is 31.4. The maximum Gasteiger partial charge on any atom is 0.0195 e. The molecule has 2 nitrogen and oxygen atoms in total. The maximum absolute atomic E-state index is 3.70. The van der Waals surface area contributed by atoms with Crippen LogP contribution in [0.1, 0.15) is 45.4 Å². The van der Waals surface area contributed by atoms with E-state index in [2.05, 4.69) is 17.1 Å². The summed E-state index contributed by atoms with van der Waals surface area (Å²) >= 11 is 0. The standard InChI is InChI=1S/C13H26N2/c1-12-6-9-15(10-7-12)11-13-5-3-2-4-8-14-13/h12-14H,2-11H2,1H3/t13-/m0/s1. The summed E-state index contributed by atoms with van der Waals surface area (Å²) in [6.07, 6.45) is 8.46. The topological polar surface area (TPSA) is 15.3 Å². The Balaban J connectivity index is 1.70. The van der Waals surface area contributed by atoms with E-state index in [1.54, 1.807) is 0 Å². The molecule has 0 radical (unpaired) electrons. The van der Waals surface area contributed by atoms with E-state index in [1.165, 1.54) is 64.7 Å². The largest absolute Gasteiger partial charge is 0.313 e. The van der Waals surface area contributed by atoms with Gasteiger partial charge in [-0.1, -0.05) is 19.8 Å². The molecule has 0 aliphatic carbocycles. The second-order valence-corrected chi connectivity index (χ2v) is 5.48. The smallest absolute Gasteiger partial charge is 0.0195 e. The molecule has 2 heterocycles. The van der Waals surface area contributed by atoms with Gasteiger partial charge in [0.05, 0.1) is 0 Å². The van der Waals surface area contributed by atoms with Crippen molar-refractivity contribution in [3.05, 3.63) is 0 Å². The van der Waals surface area contributed by atoms with Gasteiger partial charge in [0.15, 0.2) is 0 Å². The van der Waals surface area contributed by atoms with E-state index in [0.29, 0.717) is 0 Å². The highest BCUT2D eigenvalue weighted by Crippen LogP contribution is 2.17. The molecule has 2 aliphatic rings. The molecule has 0 aromatic rings. The Morgan fingerprint density at radius 2 is 1.87 bits per heavy atom. The molecule has 88 valence electrons. The van der Waals surface area contributed by atoms with Crippen LogP contribution < -0.4 is 5.32 Å². The lowest BCUT2D eigenvalue weighted by Crippen LogP contribution is -2.43. The zero-order valence-corrected chi connectivity index (χ0v) is 10.2. The second-order valence-electron chi connectivity index (χ2n) is 5.48. The summed E-state index contributed by atoms with van der Waals surface area (Å²) in [7, 11) is 0. The fourth-order valence-corrected chi connectivity index (χ4v) is 2.81. The predicted molar refractivity (Wildman–Crippen MR) is 65.1 cm³/mol. The van der Waals surface area contributed by atoms with E-state index in [1.807, 2.05) is 0 Å². The average Bonchev–Trinajstić information content (AvgIpc) is 2.50. The van der Waals surface area contributed by atoms with E-state index in [9.17, 15) is 0 Å². The monoisotopic (exact) mass is 210 g/mol. The predicted octanol–water partition coefficient (Wildman–Crippen LogP) is 2.25. The van der Waals surface area contributed by atoms with Crippen molar-refractivity contribution in [2.45, 2.75) is 51.5 Å². The first kappa shape index (κ1) is 11.4. The Bertz CT molecular complexity index is 165. The number of rotatable bonds is 2. The van der Waals surface area contributed by atoms with Crippen LogP contribution >= 0.6 is 0 Å². The van der Waals surface area contributed by atoms with Crippen molar-refractivity contribution < 1.29 is 0 Å². The molecule has 2 heteroatoms. The number of likely N-dealkylation sites (tertiary alicyclic amines) is 1. The van der Waals surface area contributed by atoms with Crippen molar-refractivity contribution in [2.75, 3.05) is 26.2 Å². The summed E-state index contributed by atoms with van der Waals surface area (Å²) in [5.41, 5.74) is 0. The first-order chi connectivity index (χ1) is 7.34. The van der Waals surface area contributed by atoms with Crippen molar-refractivity contribution in [3.8, 4) is 0 Å². The van der Waals surface area contributed by atoms with Crippen molar-refractivity contribution in [3.63, 3.8) is 0 Å². The minimum Gasteiger partial charge on any atom is -0.313 e. The quantitative estimate of drug-likeness (QED) is 0.752. The highest BCUT2D eigenvalue weighted by Gasteiger charge is 2.19. The van der Waals surface area contributed by atoms with Gasteiger partial charge in [0.25, 0.3) is 0 Å². The van der Waals surface area contributed by atoms with Crippen LogP contribution in [0.15, 0.2) is 0 Å². The van der Waals surface area contributed by atoms with E-state index in [0.717, 1.165) is 12.0 Å². The molecule has 0 aromatic carbocycles. The summed E-state index contributed by atoms with van der Waals surface area (Å²) in [6.45, 7) is 7.60. The van der Waals surface area contributed by atoms with Gasteiger partial charge in [-0.25, -0.2) is 0 Å². The lowest BCUT2D eigenvalue weighted by atomic mass is 9.98. The molecule has 1 atom stereocenters. The van der Waals surface area contributed by atoms with Crippen LogP contribution in [-0.2, 0) is 0 Å². The highest BCUT2D eigenvalue weighted by atomic mass is 15.2. The molecule has 0 unspecified atom stereocenters. The Kier molecular flexibility index (Phi) is 4.45.